The lowest BCUT2D eigenvalue weighted by atomic mass is 9.89. The fourth-order valence-corrected chi connectivity index (χ4v) is 3.06. The van der Waals surface area contributed by atoms with Gasteiger partial charge in [0, 0.05) is 24.7 Å². The summed E-state index contributed by atoms with van der Waals surface area (Å²) in [7, 11) is 4.21. The number of ether oxygens (including phenoxy) is 1. The van der Waals surface area contributed by atoms with E-state index in [1.165, 1.54) is 16.7 Å². The summed E-state index contributed by atoms with van der Waals surface area (Å²) >= 11 is 0. The van der Waals surface area contributed by atoms with Gasteiger partial charge in [0.15, 0.2) is 0 Å². The van der Waals surface area contributed by atoms with E-state index < -0.39 is 0 Å². The van der Waals surface area contributed by atoms with Crippen molar-refractivity contribution in [3.05, 3.63) is 28.8 Å². The van der Waals surface area contributed by atoms with E-state index in [0.717, 1.165) is 38.3 Å². The molecule has 1 aromatic rings. The molecular formula is C16H26N2O. The van der Waals surface area contributed by atoms with Gasteiger partial charge < -0.3 is 10.1 Å². The van der Waals surface area contributed by atoms with Crippen LogP contribution in [0.4, 0.5) is 0 Å². The van der Waals surface area contributed by atoms with Gasteiger partial charge in [-0.05, 0) is 51.1 Å². The Morgan fingerprint density at radius 2 is 2.16 bits per heavy atom. The van der Waals surface area contributed by atoms with Gasteiger partial charge in [0.1, 0.15) is 5.75 Å². The molecule has 2 rings (SSSR count). The van der Waals surface area contributed by atoms with Crippen molar-refractivity contribution in [2.75, 3.05) is 27.2 Å². The number of rotatable bonds is 5. The molecule has 1 N–H and O–H groups in total. The van der Waals surface area contributed by atoms with Crippen LogP contribution in [0.1, 0.15) is 43.0 Å². The molecule has 1 aliphatic heterocycles. The molecule has 0 saturated heterocycles. The quantitative estimate of drug-likeness (QED) is 0.883. The molecule has 0 aromatic heterocycles. The van der Waals surface area contributed by atoms with Gasteiger partial charge >= 0.3 is 0 Å². The summed E-state index contributed by atoms with van der Waals surface area (Å²) in [5.41, 5.74) is 4.24. The van der Waals surface area contributed by atoms with Gasteiger partial charge in [-0.25, -0.2) is 0 Å². The lowest BCUT2D eigenvalue weighted by molar-refractivity contribution is 0.224. The minimum atomic E-state index is 0.534. The molecule has 0 radical (unpaired) electrons. The van der Waals surface area contributed by atoms with E-state index in [9.17, 15) is 0 Å². The molecule has 1 aliphatic rings. The highest BCUT2D eigenvalue weighted by Gasteiger charge is 2.24. The Kier molecular flexibility index (Phi) is 4.83. The van der Waals surface area contributed by atoms with Crippen molar-refractivity contribution in [3.63, 3.8) is 0 Å². The third kappa shape index (κ3) is 2.93. The zero-order chi connectivity index (χ0) is 13.8. The predicted octanol–water partition coefficient (Wildman–Crippen LogP) is 2.74. The second-order valence-corrected chi connectivity index (χ2v) is 5.28. The topological polar surface area (TPSA) is 24.5 Å². The molecule has 1 atom stereocenters. The number of hydrogen-bond acceptors (Lipinski definition) is 3. The third-order valence-corrected chi connectivity index (χ3v) is 4.00. The summed E-state index contributed by atoms with van der Waals surface area (Å²) in [6.45, 7) is 7.06. The second kappa shape index (κ2) is 6.40. The zero-order valence-corrected chi connectivity index (χ0v) is 12.6. The number of benzene rings is 1. The van der Waals surface area contributed by atoms with Crippen molar-refractivity contribution in [3.8, 4) is 5.75 Å². The average molecular weight is 262 g/mol. The van der Waals surface area contributed by atoms with Gasteiger partial charge in [-0.3, -0.25) is 4.90 Å². The molecular weight excluding hydrogens is 236 g/mol. The minimum Gasteiger partial charge on any atom is -0.494 e. The highest BCUT2D eigenvalue weighted by atomic mass is 16.5. The Morgan fingerprint density at radius 3 is 2.79 bits per heavy atom. The van der Waals surface area contributed by atoms with Gasteiger partial charge in [-0.1, -0.05) is 13.0 Å². The molecule has 3 nitrogen and oxygen atoms in total. The number of fused-ring (bicyclic) bond motifs is 1. The molecule has 0 amide bonds. The summed E-state index contributed by atoms with van der Waals surface area (Å²) in [5.74, 6) is 1.05. The van der Waals surface area contributed by atoms with E-state index in [1.807, 2.05) is 14.0 Å². The van der Waals surface area contributed by atoms with Crippen molar-refractivity contribution in [1.82, 2.24) is 10.2 Å². The van der Waals surface area contributed by atoms with Crippen LogP contribution < -0.4 is 10.1 Å². The maximum absolute atomic E-state index is 5.83. The molecule has 0 bridgehead atoms. The second-order valence-electron chi connectivity index (χ2n) is 5.28. The highest BCUT2D eigenvalue weighted by Crippen LogP contribution is 2.35. The average Bonchev–Trinajstić information content (AvgIpc) is 2.40. The summed E-state index contributed by atoms with van der Waals surface area (Å²) in [4.78, 5) is 2.45. The molecule has 1 unspecified atom stereocenters. The molecule has 3 heteroatoms. The zero-order valence-electron chi connectivity index (χ0n) is 12.6. The van der Waals surface area contributed by atoms with Gasteiger partial charge in [0.25, 0.3) is 0 Å². The first-order valence-electron chi connectivity index (χ1n) is 7.34. The fourth-order valence-electron chi connectivity index (χ4n) is 3.06. The molecule has 0 saturated carbocycles. The van der Waals surface area contributed by atoms with Crippen molar-refractivity contribution in [2.45, 2.75) is 39.3 Å². The molecule has 0 spiro atoms. The monoisotopic (exact) mass is 262 g/mol. The Morgan fingerprint density at radius 1 is 1.37 bits per heavy atom. The van der Waals surface area contributed by atoms with E-state index in [-0.39, 0.29) is 0 Å². The van der Waals surface area contributed by atoms with E-state index in [0.29, 0.717) is 6.04 Å². The first kappa shape index (κ1) is 14.4. The van der Waals surface area contributed by atoms with E-state index >= 15 is 0 Å². The van der Waals surface area contributed by atoms with Crippen molar-refractivity contribution in [2.24, 2.45) is 0 Å². The van der Waals surface area contributed by atoms with Gasteiger partial charge in [-0.15, -0.1) is 0 Å². The van der Waals surface area contributed by atoms with Crippen LogP contribution in [-0.2, 0) is 13.0 Å². The van der Waals surface area contributed by atoms with Crippen molar-refractivity contribution < 1.29 is 4.74 Å². The number of nitrogens with zero attached hydrogens (tertiary/aromatic N) is 1. The fraction of sp³-hybridized carbons (Fsp3) is 0.625. The summed E-state index contributed by atoms with van der Waals surface area (Å²) in [6, 6.07) is 5.15. The molecule has 1 heterocycles. The van der Waals surface area contributed by atoms with Crippen LogP contribution in [0.25, 0.3) is 0 Å². The Balaban J connectivity index is 2.42. The standard InChI is InChI=1S/C16H26N2O/c1-5-15-14-10-16(19-6-2)13(11-17-3)9-12(14)7-8-18(15)4/h9-10,15,17H,5-8,11H2,1-4H3. The molecule has 19 heavy (non-hydrogen) atoms. The van der Waals surface area contributed by atoms with Crippen LogP contribution in [0.5, 0.6) is 5.75 Å². The van der Waals surface area contributed by atoms with Crippen LogP contribution >= 0.6 is 0 Å². The molecule has 1 aromatic carbocycles. The molecule has 0 aliphatic carbocycles. The largest absolute Gasteiger partial charge is 0.494 e. The number of nitrogens with one attached hydrogen (secondary N) is 1. The minimum absolute atomic E-state index is 0.534. The number of likely N-dealkylation sites (N-methyl/N-ethyl adjacent to an activating group) is 1. The van der Waals surface area contributed by atoms with Crippen LogP contribution in [0.2, 0.25) is 0 Å². The Labute approximate surface area is 116 Å². The molecule has 0 fully saturated rings. The highest BCUT2D eigenvalue weighted by molar-refractivity contribution is 5.45. The maximum Gasteiger partial charge on any atom is 0.124 e. The first-order valence-corrected chi connectivity index (χ1v) is 7.34. The van der Waals surface area contributed by atoms with Crippen molar-refractivity contribution in [1.29, 1.82) is 0 Å². The summed E-state index contributed by atoms with van der Waals surface area (Å²) in [6.07, 6.45) is 2.30. The normalized spacial score (nSPS) is 19.3. The van der Waals surface area contributed by atoms with Crippen LogP contribution in [-0.4, -0.2) is 32.1 Å². The third-order valence-electron chi connectivity index (χ3n) is 4.00. The first-order chi connectivity index (χ1) is 9.21. The van der Waals surface area contributed by atoms with E-state index in [1.54, 1.807) is 0 Å². The van der Waals surface area contributed by atoms with Crippen LogP contribution in [0.15, 0.2) is 12.1 Å². The summed E-state index contributed by atoms with van der Waals surface area (Å²) < 4.78 is 5.83. The molecule has 106 valence electrons. The van der Waals surface area contributed by atoms with Crippen molar-refractivity contribution >= 4 is 0 Å². The predicted molar refractivity (Wildman–Crippen MR) is 79.7 cm³/mol. The Bertz CT molecular complexity index is 431. The smallest absolute Gasteiger partial charge is 0.124 e. The lowest BCUT2D eigenvalue weighted by Gasteiger charge is -2.34. The van der Waals surface area contributed by atoms with Gasteiger partial charge in [-0.2, -0.15) is 0 Å². The van der Waals surface area contributed by atoms with Gasteiger partial charge in [0.05, 0.1) is 6.61 Å². The van der Waals surface area contributed by atoms with Crippen LogP contribution in [0.3, 0.4) is 0 Å². The van der Waals surface area contributed by atoms with E-state index in [2.05, 4.69) is 36.3 Å². The maximum atomic E-state index is 5.83. The van der Waals surface area contributed by atoms with Crippen LogP contribution in [0, 0.1) is 0 Å². The number of hydrogen-bond donors (Lipinski definition) is 1. The van der Waals surface area contributed by atoms with Gasteiger partial charge in [0.2, 0.25) is 0 Å². The Hall–Kier alpha value is -1.06. The van der Waals surface area contributed by atoms with E-state index in [4.69, 9.17) is 4.74 Å². The lowest BCUT2D eigenvalue weighted by Crippen LogP contribution is -2.32. The summed E-state index contributed by atoms with van der Waals surface area (Å²) in [5, 5.41) is 3.23. The SMILES string of the molecule is CCOc1cc2c(cc1CNC)CCN(C)C2CC.